The lowest BCUT2D eigenvalue weighted by atomic mass is 10.2. The van der Waals surface area contributed by atoms with Crippen molar-refractivity contribution >= 4 is 29.1 Å². The number of amides is 1. The first-order valence-corrected chi connectivity index (χ1v) is 5.52. The van der Waals surface area contributed by atoms with Crippen LogP contribution in [0.5, 0.6) is 0 Å². The van der Waals surface area contributed by atoms with Crippen molar-refractivity contribution in [3.05, 3.63) is 0 Å². The number of esters is 1. The van der Waals surface area contributed by atoms with Gasteiger partial charge in [-0.2, -0.15) is 0 Å². The average Bonchev–Trinajstić information content (AvgIpc) is 2.12. The number of ether oxygens (including phenoxy) is 1. The lowest BCUT2D eigenvalue weighted by Gasteiger charge is -2.25. The van der Waals surface area contributed by atoms with E-state index in [2.05, 4.69) is 12.2 Å². The summed E-state index contributed by atoms with van der Waals surface area (Å²) in [5.41, 5.74) is 5.29. The lowest BCUT2D eigenvalue weighted by molar-refractivity contribution is -0.149. The smallest absolute Gasteiger partial charge is 0.325 e. The summed E-state index contributed by atoms with van der Waals surface area (Å²) in [4.78, 5) is 24.5. The summed E-state index contributed by atoms with van der Waals surface area (Å²) < 4.78 is 4.78. The third-order valence-corrected chi connectivity index (χ3v) is 2.02. The minimum Gasteiger partial charge on any atom is -0.465 e. The standard InChI is InChI=1S/C10H18N2O3S/c1-4-15-10(14)6-12(7(2)3)9(13)5-8(11)16/h7H,4-6H2,1-3H3,(H2,11,16). The van der Waals surface area contributed by atoms with Crippen LogP contribution in [0.1, 0.15) is 27.2 Å². The largest absolute Gasteiger partial charge is 0.465 e. The van der Waals surface area contributed by atoms with Gasteiger partial charge in [-0.25, -0.2) is 0 Å². The van der Waals surface area contributed by atoms with E-state index < -0.39 is 5.97 Å². The van der Waals surface area contributed by atoms with E-state index >= 15 is 0 Å². The zero-order valence-corrected chi connectivity index (χ0v) is 10.7. The Kier molecular flexibility index (Phi) is 6.64. The Balaban J connectivity index is 4.43. The molecule has 5 nitrogen and oxygen atoms in total. The normalized spacial score (nSPS) is 10.0. The van der Waals surface area contributed by atoms with Crippen LogP contribution in [0.15, 0.2) is 0 Å². The van der Waals surface area contributed by atoms with E-state index in [1.54, 1.807) is 6.92 Å². The van der Waals surface area contributed by atoms with Gasteiger partial charge in [-0.3, -0.25) is 9.59 Å². The molecule has 0 bridgehead atoms. The molecule has 0 rings (SSSR count). The first-order chi connectivity index (χ1) is 7.38. The molecule has 0 saturated carbocycles. The minimum atomic E-state index is -0.424. The third-order valence-electron chi connectivity index (χ3n) is 1.87. The molecule has 0 aliphatic carbocycles. The Morgan fingerprint density at radius 1 is 1.44 bits per heavy atom. The van der Waals surface area contributed by atoms with Gasteiger partial charge in [0.05, 0.1) is 18.0 Å². The number of nitrogens with two attached hydrogens (primary N) is 1. The van der Waals surface area contributed by atoms with E-state index in [0.717, 1.165) is 0 Å². The molecule has 0 aliphatic rings. The molecule has 0 aliphatic heterocycles. The lowest BCUT2D eigenvalue weighted by Crippen LogP contribution is -2.42. The van der Waals surface area contributed by atoms with Crippen molar-refractivity contribution in [2.24, 2.45) is 5.73 Å². The zero-order valence-electron chi connectivity index (χ0n) is 9.86. The van der Waals surface area contributed by atoms with E-state index in [1.165, 1.54) is 4.90 Å². The van der Waals surface area contributed by atoms with Gasteiger partial charge >= 0.3 is 5.97 Å². The fourth-order valence-corrected chi connectivity index (χ4v) is 1.28. The van der Waals surface area contributed by atoms with Gasteiger partial charge in [-0.05, 0) is 20.8 Å². The van der Waals surface area contributed by atoms with Gasteiger partial charge in [-0.1, -0.05) is 12.2 Å². The fourth-order valence-electron chi connectivity index (χ4n) is 1.16. The average molecular weight is 246 g/mol. The van der Waals surface area contributed by atoms with Crippen LogP contribution >= 0.6 is 12.2 Å². The van der Waals surface area contributed by atoms with E-state index in [-0.39, 0.29) is 29.9 Å². The van der Waals surface area contributed by atoms with Gasteiger partial charge in [-0.15, -0.1) is 0 Å². The summed E-state index contributed by atoms with van der Waals surface area (Å²) in [6, 6.07) is -0.0914. The molecule has 0 radical (unpaired) electrons. The van der Waals surface area contributed by atoms with Crippen LogP contribution < -0.4 is 5.73 Å². The van der Waals surface area contributed by atoms with Crippen LogP contribution in [-0.2, 0) is 14.3 Å². The molecule has 92 valence electrons. The van der Waals surface area contributed by atoms with Crippen LogP contribution in [-0.4, -0.2) is 41.0 Å². The van der Waals surface area contributed by atoms with Crippen LogP contribution in [0.4, 0.5) is 0 Å². The Bertz CT molecular complexity index is 279. The number of hydrogen-bond acceptors (Lipinski definition) is 4. The number of nitrogens with zero attached hydrogens (tertiary/aromatic N) is 1. The Labute approximate surface area is 101 Å². The highest BCUT2D eigenvalue weighted by atomic mass is 32.1. The van der Waals surface area contributed by atoms with Crippen molar-refractivity contribution in [3.63, 3.8) is 0 Å². The molecule has 0 heterocycles. The summed E-state index contributed by atoms with van der Waals surface area (Å²) in [7, 11) is 0. The Morgan fingerprint density at radius 2 is 2.00 bits per heavy atom. The van der Waals surface area contributed by atoms with Crippen molar-refractivity contribution in [1.82, 2.24) is 4.90 Å². The van der Waals surface area contributed by atoms with E-state index in [4.69, 9.17) is 10.5 Å². The van der Waals surface area contributed by atoms with E-state index in [0.29, 0.717) is 6.61 Å². The zero-order chi connectivity index (χ0) is 12.7. The van der Waals surface area contributed by atoms with Crippen molar-refractivity contribution in [2.45, 2.75) is 33.2 Å². The van der Waals surface area contributed by atoms with E-state index in [9.17, 15) is 9.59 Å². The Morgan fingerprint density at radius 3 is 2.38 bits per heavy atom. The molecule has 16 heavy (non-hydrogen) atoms. The monoisotopic (exact) mass is 246 g/mol. The number of hydrogen-bond donors (Lipinski definition) is 1. The topological polar surface area (TPSA) is 72.6 Å². The molecular formula is C10H18N2O3S. The maximum absolute atomic E-state index is 11.7. The molecule has 0 saturated heterocycles. The SMILES string of the molecule is CCOC(=O)CN(C(=O)CC(N)=S)C(C)C. The Hall–Kier alpha value is -1.17. The third kappa shape index (κ3) is 5.65. The molecule has 0 spiro atoms. The predicted molar refractivity (Wildman–Crippen MR) is 64.9 cm³/mol. The van der Waals surface area contributed by atoms with Gasteiger partial charge in [0.2, 0.25) is 5.91 Å². The maximum Gasteiger partial charge on any atom is 0.325 e. The van der Waals surface area contributed by atoms with Crippen molar-refractivity contribution in [1.29, 1.82) is 0 Å². The molecule has 0 aromatic rings. The summed E-state index contributed by atoms with van der Waals surface area (Å²) in [6.45, 7) is 5.59. The van der Waals surface area contributed by atoms with Crippen molar-refractivity contribution in [3.8, 4) is 0 Å². The number of carbonyl (C=O) groups is 2. The second kappa shape index (κ2) is 7.16. The molecule has 6 heteroatoms. The van der Waals surface area contributed by atoms with Crippen molar-refractivity contribution < 1.29 is 14.3 Å². The van der Waals surface area contributed by atoms with E-state index in [1.807, 2.05) is 13.8 Å². The van der Waals surface area contributed by atoms with Crippen molar-refractivity contribution in [2.75, 3.05) is 13.2 Å². The molecule has 0 fully saturated rings. The van der Waals surface area contributed by atoms with Gasteiger partial charge in [0.1, 0.15) is 6.54 Å². The second-order valence-electron chi connectivity index (χ2n) is 3.56. The van der Waals surface area contributed by atoms with Crippen LogP contribution in [0.3, 0.4) is 0 Å². The summed E-state index contributed by atoms with van der Waals surface area (Å²) in [5, 5.41) is 0. The summed E-state index contributed by atoms with van der Waals surface area (Å²) in [5.74, 6) is -0.678. The van der Waals surface area contributed by atoms with Crippen LogP contribution in [0.2, 0.25) is 0 Å². The summed E-state index contributed by atoms with van der Waals surface area (Å²) in [6.07, 6.45) is -0.0209. The molecule has 0 aromatic heterocycles. The number of thiocarbonyl (C=S) groups is 1. The molecule has 0 atom stereocenters. The van der Waals surface area contributed by atoms with Crippen LogP contribution in [0, 0.1) is 0 Å². The predicted octanol–water partition coefficient (Wildman–Crippen LogP) is 0.463. The second-order valence-corrected chi connectivity index (χ2v) is 4.09. The number of carbonyl (C=O) groups excluding carboxylic acids is 2. The minimum absolute atomic E-state index is 0.0209. The number of rotatable bonds is 6. The highest BCUT2D eigenvalue weighted by molar-refractivity contribution is 7.80. The quantitative estimate of drug-likeness (QED) is 0.544. The molecule has 0 aromatic carbocycles. The first-order valence-electron chi connectivity index (χ1n) is 5.11. The van der Waals surface area contributed by atoms with Gasteiger partial charge in [0, 0.05) is 6.04 Å². The summed E-state index contributed by atoms with van der Waals surface area (Å²) >= 11 is 4.66. The van der Waals surface area contributed by atoms with Crippen LogP contribution in [0.25, 0.3) is 0 Å². The molecular weight excluding hydrogens is 228 g/mol. The van der Waals surface area contributed by atoms with Gasteiger partial charge in [0.15, 0.2) is 0 Å². The molecule has 0 unspecified atom stereocenters. The highest BCUT2D eigenvalue weighted by Gasteiger charge is 2.20. The fraction of sp³-hybridized carbons (Fsp3) is 0.700. The van der Waals surface area contributed by atoms with Gasteiger partial charge in [0.25, 0.3) is 0 Å². The molecule has 2 N–H and O–H groups in total. The highest BCUT2D eigenvalue weighted by Crippen LogP contribution is 2.02. The van der Waals surface area contributed by atoms with Gasteiger partial charge < -0.3 is 15.4 Å². The molecule has 1 amide bonds. The first kappa shape index (κ1) is 14.8. The maximum atomic E-state index is 11.7.